The minimum absolute atomic E-state index is 0.799. The highest BCUT2D eigenvalue weighted by Crippen LogP contribution is 2.35. The number of ether oxygens (including phenoxy) is 2. The van der Waals surface area contributed by atoms with Gasteiger partial charge in [-0.05, 0) is 49.8 Å². The van der Waals surface area contributed by atoms with Gasteiger partial charge in [0.25, 0.3) is 0 Å². The summed E-state index contributed by atoms with van der Waals surface area (Å²) < 4.78 is 13.3. The van der Waals surface area contributed by atoms with Gasteiger partial charge in [0.2, 0.25) is 0 Å². The van der Waals surface area contributed by atoms with Gasteiger partial charge >= 0.3 is 0 Å². The lowest BCUT2D eigenvalue weighted by Gasteiger charge is -2.20. The second-order valence-corrected chi connectivity index (χ2v) is 6.78. The Morgan fingerprint density at radius 2 is 2.00 bits per heavy atom. The summed E-state index contributed by atoms with van der Waals surface area (Å²) in [5.41, 5.74) is 4.04. The maximum Gasteiger partial charge on any atom is 0.137 e. The number of hydrogen-bond donors (Lipinski definition) is 1. The lowest BCUT2D eigenvalue weighted by molar-refractivity contribution is 0.280. The van der Waals surface area contributed by atoms with E-state index in [0.717, 1.165) is 67.5 Å². The third-order valence-corrected chi connectivity index (χ3v) is 5.10. The normalized spacial score (nSPS) is 15.6. The fourth-order valence-electron chi connectivity index (χ4n) is 3.68. The van der Waals surface area contributed by atoms with E-state index in [2.05, 4.69) is 26.9 Å². The molecule has 0 unspecified atom stereocenters. The van der Waals surface area contributed by atoms with Crippen LogP contribution in [0.5, 0.6) is 11.5 Å². The van der Waals surface area contributed by atoms with Gasteiger partial charge in [-0.15, -0.1) is 0 Å². The van der Waals surface area contributed by atoms with Crippen molar-refractivity contribution in [2.75, 3.05) is 40.4 Å². The molecule has 27 heavy (non-hydrogen) atoms. The molecule has 0 aliphatic carbocycles. The number of pyridine rings is 1. The van der Waals surface area contributed by atoms with Crippen LogP contribution in [-0.2, 0) is 6.54 Å². The number of nitrogens with zero attached hydrogens (tertiary/aromatic N) is 3. The summed E-state index contributed by atoms with van der Waals surface area (Å²) in [6.07, 6.45) is 3.25. The number of benzene rings is 1. The molecule has 0 radical (unpaired) electrons. The number of hydrogen-bond acceptors (Lipinski definition) is 5. The molecule has 1 aliphatic rings. The van der Waals surface area contributed by atoms with Gasteiger partial charge in [-0.1, -0.05) is 6.07 Å². The Bertz CT molecular complexity index is 914. The predicted molar refractivity (Wildman–Crippen MR) is 106 cm³/mol. The first kappa shape index (κ1) is 17.8. The van der Waals surface area contributed by atoms with E-state index in [0.29, 0.717) is 0 Å². The zero-order valence-corrected chi connectivity index (χ0v) is 15.9. The average molecular weight is 366 g/mol. The monoisotopic (exact) mass is 366 g/mol. The molecule has 0 spiro atoms. The molecule has 6 nitrogen and oxygen atoms in total. The van der Waals surface area contributed by atoms with Crippen LogP contribution in [-0.4, -0.2) is 54.7 Å². The van der Waals surface area contributed by atoms with Crippen LogP contribution in [0.4, 0.5) is 0 Å². The zero-order chi connectivity index (χ0) is 18.6. The van der Waals surface area contributed by atoms with E-state index in [4.69, 9.17) is 14.5 Å². The van der Waals surface area contributed by atoms with Gasteiger partial charge in [-0.3, -0.25) is 4.90 Å². The third-order valence-electron chi connectivity index (χ3n) is 5.10. The van der Waals surface area contributed by atoms with E-state index >= 15 is 0 Å². The highest BCUT2D eigenvalue weighted by molar-refractivity contribution is 5.73. The molecular formula is C21H26N4O2. The first-order chi connectivity index (χ1) is 13.3. The first-order valence-electron chi connectivity index (χ1n) is 9.41. The molecule has 0 atom stereocenters. The summed E-state index contributed by atoms with van der Waals surface area (Å²) in [6.45, 7) is 5.08. The smallest absolute Gasteiger partial charge is 0.137 e. The van der Waals surface area contributed by atoms with Crippen LogP contribution in [0.15, 0.2) is 42.6 Å². The SMILES string of the molecule is COc1ccc(OC)c(-c2nc3ccccn3c2CN2CCCNCC2)c1. The lowest BCUT2D eigenvalue weighted by Crippen LogP contribution is -2.28. The fraction of sp³-hybridized carbons (Fsp3) is 0.381. The molecule has 142 valence electrons. The number of methoxy groups -OCH3 is 2. The molecule has 0 amide bonds. The Balaban J connectivity index is 1.83. The highest BCUT2D eigenvalue weighted by atomic mass is 16.5. The molecule has 1 saturated heterocycles. The molecule has 4 rings (SSSR count). The average Bonchev–Trinajstić information content (AvgIpc) is 2.88. The quantitative estimate of drug-likeness (QED) is 0.753. The summed E-state index contributed by atoms with van der Waals surface area (Å²) in [5, 5.41) is 3.47. The van der Waals surface area contributed by atoms with Crippen molar-refractivity contribution in [1.82, 2.24) is 19.6 Å². The van der Waals surface area contributed by atoms with Crippen LogP contribution in [0, 0.1) is 0 Å². The van der Waals surface area contributed by atoms with Crippen molar-refractivity contribution in [1.29, 1.82) is 0 Å². The van der Waals surface area contributed by atoms with Gasteiger partial charge in [-0.25, -0.2) is 4.98 Å². The minimum Gasteiger partial charge on any atom is -0.497 e. The molecule has 1 aromatic carbocycles. The topological polar surface area (TPSA) is 51.0 Å². The number of fused-ring (bicyclic) bond motifs is 1. The van der Waals surface area contributed by atoms with Gasteiger partial charge < -0.3 is 19.2 Å². The van der Waals surface area contributed by atoms with Crippen molar-refractivity contribution in [2.45, 2.75) is 13.0 Å². The Morgan fingerprint density at radius 1 is 1.07 bits per heavy atom. The Kier molecular flexibility index (Phi) is 5.27. The summed E-state index contributed by atoms with van der Waals surface area (Å²) in [5.74, 6) is 1.60. The van der Waals surface area contributed by atoms with E-state index < -0.39 is 0 Å². The number of nitrogens with one attached hydrogen (secondary N) is 1. The second kappa shape index (κ2) is 7.98. The summed E-state index contributed by atoms with van der Waals surface area (Å²) in [7, 11) is 3.38. The van der Waals surface area contributed by atoms with Crippen LogP contribution in [0.25, 0.3) is 16.9 Å². The largest absolute Gasteiger partial charge is 0.497 e. The third kappa shape index (κ3) is 3.63. The highest BCUT2D eigenvalue weighted by Gasteiger charge is 2.20. The van der Waals surface area contributed by atoms with Gasteiger partial charge in [0.15, 0.2) is 0 Å². The standard InChI is InChI=1S/C21H26N4O2/c1-26-16-7-8-19(27-2)17(14-16)21-18(15-24-11-5-9-22-10-13-24)25-12-4-3-6-20(25)23-21/h3-4,6-8,12,14,22H,5,9-11,13,15H2,1-2H3. The minimum atomic E-state index is 0.799. The van der Waals surface area contributed by atoms with E-state index in [1.807, 2.05) is 30.3 Å². The van der Waals surface area contributed by atoms with Gasteiger partial charge in [0.1, 0.15) is 17.1 Å². The second-order valence-electron chi connectivity index (χ2n) is 6.78. The van der Waals surface area contributed by atoms with E-state index in [9.17, 15) is 0 Å². The molecule has 0 saturated carbocycles. The number of imidazole rings is 1. The predicted octanol–water partition coefficient (Wildman–Crippen LogP) is 2.81. The summed E-state index contributed by atoms with van der Waals surface area (Å²) >= 11 is 0. The van der Waals surface area contributed by atoms with Crippen LogP contribution in [0.2, 0.25) is 0 Å². The molecule has 1 aliphatic heterocycles. The van der Waals surface area contributed by atoms with Crippen molar-refractivity contribution in [3.05, 3.63) is 48.3 Å². The summed E-state index contributed by atoms with van der Waals surface area (Å²) in [6, 6.07) is 12.0. The lowest BCUT2D eigenvalue weighted by atomic mass is 10.1. The van der Waals surface area contributed by atoms with Gasteiger partial charge in [0.05, 0.1) is 25.6 Å². The van der Waals surface area contributed by atoms with Crippen molar-refractivity contribution < 1.29 is 9.47 Å². The van der Waals surface area contributed by atoms with Gasteiger partial charge in [0, 0.05) is 31.4 Å². The Labute approximate surface area is 159 Å². The molecule has 2 aromatic heterocycles. The number of rotatable bonds is 5. The molecule has 3 heterocycles. The van der Waals surface area contributed by atoms with Crippen LogP contribution >= 0.6 is 0 Å². The fourth-order valence-corrected chi connectivity index (χ4v) is 3.68. The molecule has 0 bridgehead atoms. The van der Waals surface area contributed by atoms with E-state index in [1.165, 1.54) is 5.69 Å². The van der Waals surface area contributed by atoms with Crippen molar-refractivity contribution in [3.8, 4) is 22.8 Å². The molecule has 3 aromatic rings. The van der Waals surface area contributed by atoms with Gasteiger partial charge in [-0.2, -0.15) is 0 Å². The maximum atomic E-state index is 5.63. The van der Waals surface area contributed by atoms with Crippen molar-refractivity contribution >= 4 is 5.65 Å². The zero-order valence-electron chi connectivity index (χ0n) is 15.9. The van der Waals surface area contributed by atoms with E-state index in [1.54, 1.807) is 14.2 Å². The first-order valence-corrected chi connectivity index (χ1v) is 9.41. The molecule has 1 N–H and O–H groups in total. The van der Waals surface area contributed by atoms with Crippen molar-refractivity contribution in [2.24, 2.45) is 0 Å². The molecular weight excluding hydrogens is 340 g/mol. The van der Waals surface area contributed by atoms with Crippen LogP contribution in [0.1, 0.15) is 12.1 Å². The molecule has 6 heteroatoms. The molecule has 1 fully saturated rings. The maximum absolute atomic E-state index is 5.63. The van der Waals surface area contributed by atoms with Crippen molar-refractivity contribution in [3.63, 3.8) is 0 Å². The van der Waals surface area contributed by atoms with E-state index in [-0.39, 0.29) is 0 Å². The number of aromatic nitrogens is 2. The Hall–Kier alpha value is -2.57. The van der Waals surface area contributed by atoms with Crippen LogP contribution < -0.4 is 14.8 Å². The Morgan fingerprint density at radius 3 is 2.85 bits per heavy atom. The van der Waals surface area contributed by atoms with Crippen LogP contribution in [0.3, 0.4) is 0 Å². The summed E-state index contributed by atoms with van der Waals surface area (Å²) in [4.78, 5) is 7.43.